The number of ether oxygens (including phenoxy) is 1. The molecule has 1 rings (SSSR count). The number of methoxy groups -OCH3 is 1. The van der Waals surface area contributed by atoms with E-state index in [1.54, 1.807) is 18.2 Å². The van der Waals surface area contributed by atoms with Gasteiger partial charge in [-0.15, -0.1) is 0 Å². The molecule has 13 heavy (non-hydrogen) atoms. The lowest BCUT2D eigenvalue weighted by Gasteiger charge is -2.22. The zero-order chi connectivity index (χ0) is 12.6. The third-order valence-electron chi connectivity index (χ3n) is 1.86. The van der Waals surface area contributed by atoms with Gasteiger partial charge < -0.3 is 4.74 Å². The average molecular weight is 202 g/mol. The zero-order valence-electron chi connectivity index (χ0n) is 11.0. The van der Waals surface area contributed by atoms with Crippen LogP contribution in [0.1, 0.15) is 30.4 Å². The molecule has 72 valence electrons. The van der Waals surface area contributed by atoms with Gasteiger partial charge in [0.25, 0.3) is 0 Å². The topological polar surface area (TPSA) is 9.23 Å². The normalized spacial score (nSPS) is 15.8. The first-order chi connectivity index (χ1) is 7.09. The Morgan fingerprint density at radius 2 is 2.08 bits per heavy atom. The Balaban J connectivity index is 3.19. The first-order valence-corrected chi connectivity index (χ1v) is 4.46. The van der Waals surface area contributed by atoms with Gasteiger partial charge in [-0.25, -0.2) is 0 Å². The van der Waals surface area contributed by atoms with Crippen molar-refractivity contribution in [1.82, 2.24) is 0 Å². The second-order valence-corrected chi connectivity index (χ2v) is 4.43. The minimum Gasteiger partial charge on any atom is -0.496 e. The number of rotatable bonds is 1. The van der Waals surface area contributed by atoms with Crippen LogP contribution in [0.25, 0.3) is 0 Å². The Hall–Kier alpha value is -0.690. The first kappa shape index (κ1) is 6.72. The molecule has 0 aromatic heterocycles. The van der Waals surface area contributed by atoms with E-state index in [2.05, 4.69) is 0 Å². The molecule has 1 aromatic rings. The summed E-state index contributed by atoms with van der Waals surface area (Å²) >= 11 is 5.90. The van der Waals surface area contributed by atoms with Crippen molar-refractivity contribution in [2.75, 3.05) is 7.04 Å². The third kappa shape index (κ3) is 2.38. The van der Waals surface area contributed by atoms with E-state index in [4.69, 9.17) is 20.5 Å². The van der Waals surface area contributed by atoms with Gasteiger partial charge >= 0.3 is 0 Å². The second-order valence-electron chi connectivity index (χ2n) is 3.99. The molecule has 0 amide bonds. The molecular weight excluding hydrogens is 184 g/mol. The second kappa shape index (κ2) is 3.59. The van der Waals surface area contributed by atoms with Crippen LogP contribution in [0.2, 0.25) is 5.02 Å². The highest BCUT2D eigenvalue weighted by atomic mass is 35.5. The average Bonchev–Trinajstić information content (AvgIpc) is 2.04. The van der Waals surface area contributed by atoms with E-state index in [0.29, 0.717) is 10.8 Å². The summed E-state index contributed by atoms with van der Waals surface area (Å²) < 4.78 is 26.3. The quantitative estimate of drug-likeness (QED) is 0.674. The fourth-order valence-corrected chi connectivity index (χ4v) is 1.35. The Morgan fingerprint density at radius 1 is 1.38 bits per heavy atom. The molecule has 0 fully saturated rings. The zero-order valence-corrected chi connectivity index (χ0v) is 8.77. The molecule has 1 nitrogen and oxygen atoms in total. The van der Waals surface area contributed by atoms with Crippen LogP contribution in [-0.2, 0) is 5.41 Å². The Kier molecular flexibility index (Phi) is 1.85. The molecule has 0 radical (unpaired) electrons. The highest BCUT2D eigenvalue weighted by molar-refractivity contribution is 6.30. The van der Waals surface area contributed by atoms with E-state index in [9.17, 15) is 0 Å². The Morgan fingerprint density at radius 3 is 2.62 bits per heavy atom. The summed E-state index contributed by atoms with van der Waals surface area (Å²) in [6, 6.07) is 4.95. The fraction of sp³-hybridized carbons (Fsp3) is 0.455. The maximum Gasteiger partial charge on any atom is 0.122 e. The number of benzene rings is 1. The number of hydrogen-bond donors (Lipinski definition) is 0. The first-order valence-electron chi connectivity index (χ1n) is 5.59. The predicted octanol–water partition coefficient (Wildman–Crippen LogP) is 3.65. The van der Waals surface area contributed by atoms with Crippen LogP contribution >= 0.6 is 11.6 Å². The van der Waals surface area contributed by atoms with Crippen LogP contribution in [-0.4, -0.2) is 7.04 Å². The molecule has 0 saturated heterocycles. The van der Waals surface area contributed by atoms with Gasteiger partial charge in [0.15, 0.2) is 0 Å². The summed E-state index contributed by atoms with van der Waals surface area (Å²) in [5, 5.41) is 0.572. The minimum absolute atomic E-state index is 0.217. The van der Waals surface area contributed by atoms with Gasteiger partial charge in [-0.2, -0.15) is 0 Å². The highest BCUT2D eigenvalue weighted by Crippen LogP contribution is 2.33. The van der Waals surface area contributed by atoms with Crippen LogP contribution in [0.3, 0.4) is 0 Å². The van der Waals surface area contributed by atoms with Crippen molar-refractivity contribution in [3.63, 3.8) is 0 Å². The van der Waals surface area contributed by atoms with E-state index in [1.165, 1.54) is 0 Å². The number of halogens is 1. The lowest BCUT2D eigenvalue weighted by molar-refractivity contribution is 0.397. The van der Waals surface area contributed by atoms with Gasteiger partial charge in [0, 0.05) is 10.6 Å². The monoisotopic (exact) mass is 201 g/mol. The van der Waals surface area contributed by atoms with Crippen molar-refractivity contribution in [1.29, 1.82) is 0 Å². The fourth-order valence-electron chi connectivity index (χ4n) is 1.18. The molecule has 0 unspecified atom stereocenters. The summed E-state index contributed by atoms with van der Waals surface area (Å²) in [6.45, 7) is 5.93. The van der Waals surface area contributed by atoms with Gasteiger partial charge in [-0.05, 0) is 23.6 Å². The molecule has 0 aliphatic carbocycles. The smallest absolute Gasteiger partial charge is 0.122 e. The molecule has 0 saturated carbocycles. The van der Waals surface area contributed by atoms with E-state index < -0.39 is 7.04 Å². The van der Waals surface area contributed by atoms with Gasteiger partial charge in [0.1, 0.15) is 5.75 Å². The van der Waals surface area contributed by atoms with Crippen LogP contribution in [0.4, 0.5) is 0 Å². The molecular formula is C11H15ClO. The molecule has 0 heterocycles. The third-order valence-corrected chi connectivity index (χ3v) is 2.09. The van der Waals surface area contributed by atoms with Crippen LogP contribution in [0.5, 0.6) is 5.75 Å². The largest absolute Gasteiger partial charge is 0.496 e. The Bertz CT molecular complexity index is 380. The molecule has 0 aliphatic heterocycles. The maximum absolute atomic E-state index is 7.10. The van der Waals surface area contributed by atoms with E-state index >= 15 is 0 Å². The van der Waals surface area contributed by atoms with Crippen molar-refractivity contribution in [2.45, 2.75) is 26.2 Å². The molecule has 0 aliphatic rings. The van der Waals surface area contributed by atoms with Crippen molar-refractivity contribution < 1.29 is 8.85 Å². The lowest BCUT2D eigenvalue weighted by Crippen LogP contribution is -2.12. The van der Waals surface area contributed by atoms with E-state index in [-0.39, 0.29) is 5.41 Å². The van der Waals surface area contributed by atoms with Crippen LogP contribution in [0, 0.1) is 0 Å². The maximum atomic E-state index is 7.10. The van der Waals surface area contributed by atoms with Crippen molar-refractivity contribution in [3.8, 4) is 5.75 Å². The van der Waals surface area contributed by atoms with E-state index in [1.807, 2.05) is 20.8 Å². The summed E-state index contributed by atoms with van der Waals surface area (Å²) in [6.07, 6.45) is 0. The standard InChI is InChI=1S/C11H15ClO/c1-11(2,3)9-7-8(12)5-6-10(9)13-4/h5-7H,1-4H3/i4D3. The van der Waals surface area contributed by atoms with Crippen LogP contribution in [0.15, 0.2) is 18.2 Å². The predicted molar refractivity (Wildman–Crippen MR) is 56.7 cm³/mol. The van der Waals surface area contributed by atoms with Gasteiger partial charge in [-0.1, -0.05) is 32.4 Å². The molecule has 0 spiro atoms. The van der Waals surface area contributed by atoms with Gasteiger partial charge in [0.05, 0.1) is 11.2 Å². The molecule has 0 N–H and O–H groups in total. The molecule has 2 heteroatoms. The molecule has 1 aromatic carbocycles. The lowest BCUT2D eigenvalue weighted by atomic mass is 9.86. The van der Waals surface area contributed by atoms with Gasteiger partial charge in [0.2, 0.25) is 0 Å². The van der Waals surface area contributed by atoms with Gasteiger partial charge in [-0.3, -0.25) is 0 Å². The summed E-state index contributed by atoms with van der Waals surface area (Å²) in [5.41, 5.74) is 0.571. The molecule has 0 bridgehead atoms. The Labute approximate surface area is 88.9 Å². The molecule has 0 atom stereocenters. The number of hydrogen-bond acceptors (Lipinski definition) is 1. The SMILES string of the molecule is [2H]C([2H])([2H])Oc1ccc(Cl)cc1C(C)(C)C. The summed E-state index contributed by atoms with van der Waals surface area (Å²) in [5.74, 6) is 0.358. The highest BCUT2D eigenvalue weighted by Gasteiger charge is 2.18. The summed E-state index contributed by atoms with van der Waals surface area (Å²) in [4.78, 5) is 0. The van der Waals surface area contributed by atoms with Crippen molar-refractivity contribution in [3.05, 3.63) is 28.8 Å². The van der Waals surface area contributed by atoms with Crippen molar-refractivity contribution >= 4 is 11.6 Å². The van der Waals surface area contributed by atoms with Crippen molar-refractivity contribution in [2.24, 2.45) is 0 Å². The van der Waals surface area contributed by atoms with E-state index in [0.717, 1.165) is 5.56 Å². The minimum atomic E-state index is -2.44. The van der Waals surface area contributed by atoms with Crippen LogP contribution < -0.4 is 4.74 Å². The summed E-state index contributed by atoms with van der Waals surface area (Å²) in [7, 11) is -2.44.